The molecule has 19 heavy (non-hydrogen) atoms. The van der Waals surface area contributed by atoms with Gasteiger partial charge in [0.1, 0.15) is 0 Å². The van der Waals surface area contributed by atoms with Gasteiger partial charge in [-0.15, -0.1) is 5.11 Å². The van der Waals surface area contributed by atoms with Crippen molar-refractivity contribution >= 4 is 23.3 Å². The molecular formula is C15H14N3O. The Kier molecular flexibility index (Phi) is 4.03. The smallest absolute Gasteiger partial charge is 0.238 e. The maximum absolute atomic E-state index is 11.1. The summed E-state index contributed by atoms with van der Waals surface area (Å²) in [5, 5.41) is 8.24. The minimum atomic E-state index is 0.423. The number of carbonyl (C=O) groups excluding carboxylic acids is 1. The van der Waals surface area contributed by atoms with E-state index < -0.39 is 0 Å². The quantitative estimate of drug-likeness (QED) is 0.780. The first-order valence-corrected chi connectivity index (χ1v) is 5.87. The second kappa shape index (κ2) is 5.91. The molecule has 4 nitrogen and oxygen atoms in total. The highest BCUT2D eigenvalue weighted by atomic mass is 16.1. The van der Waals surface area contributed by atoms with Crippen LogP contribution in [0.3, 0.4) is 0 Å². The molecule has 0 aliphatic rings. The van der Waals surface area contributed by atoms with Crippen LogP contribution in [0.25, 0.3) is 0 Å². The number of nitrogens with zero attached hydrogens (tertiary/aromatic N) is 3. The molecule has 0 spiro atoms. The van der Waals surface area contributed by atoms with Crippen molar-refractivity contribution in [3.63, 3.8) is 0 Å². The normalized spacial score (nSPS) is 10.6. The number of benzene rings is 2. The van der Waals surface area contributed by atoms with Crippen LogP contribution in [0.2, 0.25) is 0 Å². The fourth-order valence-electron chi connectivity index (χ4n) is 1.70. The van der Waals surface area contributed by atoms with Gasteiger partial charge in [-0.05, 0) is 24.3 Å². The molecule has 4 heteroatoms. The number of rotatable bonds is 4. The molecule has 0 aliphatic carbocycles. The van der Waals surface area contributed by atoms with Crippen molar-refractivity contribution in [1.82, 2.24) is 0 Å². The Bertz CT molecular complexity index is 592. The Morgan fingerprint density at radius 1 is 0.947 bits per heavy atom. The van der Waals surface area contributed by atoms with Gasteiger partial charge < -0.3 is 4.90 Å². The third-order valence-electron chi connectivity index (χ3n) is 2.63. The summed E-state index contributed by atoms with van der Waals surface area (Å²) in [6, 6.07) is 14.8. The fourth-order valence-corrected chi connectivity index (χ4v) is 1.70. The van der Waals surface area contributed by atoms with Gasteiger partial charge >= 0.3 is 0 Å². The van der Waals surface area contributed by atoms with Gasteiger partial charge in [-0.2, -0.15) is 5.11 Å². The lowest BCUT2D eigenvalue weighted by atomic mass is 10.1. The molecule has 95 valence electrons. The van der Waals surface area contributed by atoms with Crippen molar-refractivity contribution in [2.24, 2.45) is 10.2 Å². The van der Waals surface area contributed by atoms with Gasteiger partial charge in [-0.1, -0.05) is 24.3 Å². The topological polar surface area (TPSA) is 45.0 Å². The number of azo groups is 1. The zero-order valence-electron chi connectivity index (χ0n) is 10.9. The van der Waals surface area contributed by atoms with E-state index in [4.69, 9.17) is 0 Å². The standard InChI is InChI=1S/C15H14N3O/c1-18(2)15-10-6-9-14(13(15)11-19)17-16-12-7-4-3-5-8-12/h3-10H,1-2H3. The van der Waals surface area contributed by atoms with Crippen LogP contribution in [0.15, 0.2) is 58.8 Å². The largest absolute Gasteiger partial charge is 0.377 e. The molecule has 1 radical (unpaired) electrons. The van der Waals surface area contributed by atoms with E-state index in [9.17, 15) is 4.79 Å². The second-order valence-electron chi connectivity index (χ2n) is 4.20. The lowest BCUT2D eigenvalue weighted by Gasteiger charge is -2.14. The summed E-state index contributed by atoms with van der Waals surface area (Å²) >= 11 is 0. The van der Waals surface area contributed by atoms with Gasteiger partial charge in [0.25, 0.3) is 0 Å². The van der Waals surface area contributed by atoms with E-state index in [-0.39, 0.29) is 0 Å². The average molecular weight is 252 g/mol. The first kappa shape index (κ1) is 13.0. The maximum Gasteiger partial charge on any atom is 0.238 e. The predicted molar refractivity (Wildman–Crippen MR) is 76.2 cm³/mol. The van der Waals surface area contributed by atoms with E-state index in [1.165, 1.54) is 0 Å². The lowest BCUT2D eigenvalue weighted by Crippen LogP contribution is -2.11. The molecule has 0 unspecified atom stereocenters. The van der Waals surface area contributed by atoms with E-state index in [1.54, 1.807) is 6.07 Å². The third-order valence-corrected chi connectivity index (χ3v) is 2.63. The van der Waals surface area contributed by atoms with Crippen molar-refractivity contribution in [2.45, 2.75) is 0 Å². The molecule has 0 aromatic heterocycles. The van der Waals surface area contributed by atoms with E-state index in [2.05, 4.69) is 10.2 Å². The van der Waals surface area contributed by atoms with Crippen LogP contribution in [-0.4, -0.2) is 20.4 Å². The monoisotopic (exact) mass is 252 g/mol. The Morgan fingerprint density at radius 2 is 1.68 bits per heavy atom. The molecule has 0 heterocycles. The molecule has 0 atom stereocenters. The minimum Gasteiger partial charge on any atom is -0.377 e. The molecule has 0 fully saturated rings. The van der Waals surface area contributed by atoms with Crippen LogP contribution >= 0.6 is 0 Å². The van der Waals surface area contributed by atoms with Crippen LogP contribution < -0.4 is 4.90 Å². The number of anilines is 1. The Hall–Kier alpha value is -2.49. The van der Waals surface area contributed by atoms with Crippen molar-refractivity contribution < 1.29 is 4.79 Å². The van der Waals surface area contributed by atoms with E-state index >= 15 is 0 Å². The summed E-state index contributed by atoms with van der Waals surface area (Å²) in [4.78, 5) is 13.0. The van der Waals surface area contributed by atoms with Crippen molar-refractivity contribution in [3.8, 4) is 0 Å². The molecule has 0 aliphatic heterocycles. The van der Waals surface area contributed by atoms with Gasteiger partial charge in [-0.25, -0.2) is 0 Å². The van der Waals surface area contributed by atoms with Crippen LogP contribution in [0.4, 0.5) is 17.1 Å². The minimum absolute atomic E-state index is 0.423. The Morgan fingerprint density at radius 3 is 2.32 bits per heavy atom. The van der Waals surface area contributed by atoms with Gasteiger partial charge in [0, 0.05) is 19.8 Å². The highest BCUT2D eigenvalue weighted by molar-refractivity contribution is 5.91. The van der Waals surface area contributed by atoms with Crippen molar-refractivity contribution in [3.05, 3.63) is 54.1 Å². The number of hydrogen-bond donors (Lipinski definition) is 0. The van der Waals surface area contributed by atoms with Gasteiger partial charge in [-0.3, -0.25) is 4.79 Å². The molecule has 0 saturated heterocycles. The molecule has 2 rings (SSSR count). The Balaban J connectivity index is 2.38. The van der Waals surface area contributed by atoms with E-state index in [0.717, 1.165) is 11.4 Å². The molecule has 0 amide bonds. The molecule has 2 aromatic carbocycles. The second-order valence-corrected chi connectivity index (χ2v) is 4.20. The fraction of sp³-hybridized carbons (Fsp3) is 0.133. The van der Waals surface area contributed by atoms with Crippen LogP contribution in [0, 0.1) is 0 Å². The zero-order valence-corrected chi connectivity index (χ0v) is 10.9. The van der Waals surface area contributed by atoms with Crippen LogP contribution in [0.5, 0.6) is 0 Å². The van der Waals surface area contributed by atoms with E-state index in [1.807, 2.05) is 67.7 Å². The highest BCUT2D eigenvalue weighted by Gasteiger charge is 2.09. The average Bonchev–Trinajstić information content (AvgIpc) is 2.45. The van der Waals surface area contributed by atoms with Crippen LogP contribution in [0.1, 0.15) is 5.56 Å². The number of hydrogen-bond acceptors (Lipinski definition) is 4. The molecular weight excluding hydrogens is 238 g/mol. The molecule has 2 aromatic rings. The molecule has 0 bridgehead atoms. The molecule has 0 saturated carbocycles. The summed E-state index contributed by atoms with van der Waals surface area (Å²) in [6.07, 6.45) is 1.94. The summed E-state index contributed by atoms with van der Waals surface area (Å²) in [6.45, 7) is 0. The van der Waals surface area contributed by atoms with Gasteiger partial charge in [0.15, 0.2) is 0 Å². The predicted octanol–water partition coefficient (Wildman–Crippen LogP) is 3.63. The van der Waals surface area contributed by atoms with Gasteiger partial charge in [0.05, 0.1) is 16.9 Å². The SMILES string of the molecule is CN(C)c1cccc(N=Nc2ccccc2)c1[C]=O. The van der Waals surface area contributed by atoms with Crippen molar-refractivity contribution in [1.29, 1.82) is 0 Å². The lowest BCUT2D eigenvalue weighted by molar-refractivity contribution is 0.563. The summed E-state index contributed by atoms with van der Waals surface area (Å²) in [5.74, 6) is 0. The summed E-state index contributed by atoms with van der Waals surface area (Å²) in [5.41, 5.74) is 2.46. The Labute approximate surface area is 112 Å². The first-order chi connectivity index (χ1) is 9.22. The zero-order chi connectivity index (χ0) is 13.7. The van der Waals surface area contributed by atoms with Crippen LogP contribution in [-0.2, 0) is 4.79 Å². The molecule has 0 N–H and O–H groups in total. The summed E-state index contributed by atoms with van der Waals surface area (Å²) < 4.78 is 0. The maximum atomic E-state index is 11.1. The highest BCUT2D eigenvalue weighted by Crippen LogP contribution is 2.28. The van der Waals surface area contributed by atoms with Gasteiger partial charge in [0.2, 0.25) is 6.29 Å². The third kappa shape index (κ3) is 3.04. The summed E-state index contributed by atoms with van der Waals surface area (Å²) in [7, 11) is 3.74. The first-order valence-electron chi connectivity index (χ1n) is 5.87. The van der Waals surface area contributed by atoms with E-state index in [0.29, 0.717) is 11.3 Å². The van der Waals surface area contributed by atoms with Crippen molar-refractivity contribution in [2.75, 3.05) is 19.0 Å².